The van der Waals surface area contributed by atoms with Crippen LogP contribution in [0.5, 0.6) is 0 Å². The van der Waals surface area contributed by atoms with Crippen LogP contribution in [-0.2, 0) is 24.8 Å². The summed E-state index contributed by atoms with van der Waals surface area (Å²) in [6.45, 7) is 13.7. The van der Waals surface area contributed by atoms with Gasteiger partial charge in [0.15, 0.2) is 0 Å². The summed E-state index contributed by atoms with van der Waals surface area (Å²) in [5.74, 6) is 0. The van der Waals surface area contributed by atoms with E-state index in [2.05, 4.69) is 114 Å². The van der Waals surface area contributed by atoms with Crippen LogP contribution in [0.2, 0.25) is 0 Å². The third-order valence-corrected chi connectivity index (χ3v) is 11.6. The van der Waals surface area contributed by atoms with Gasteiger partial charge in [-0.3, -0.25) is 0 Å². The van der Waals surface area contributed by atoms with Crippen LogP contribution in [0, 0.1) is 5.41 Å². The molecule has 0 radical (unpaired) electrons. The van der Waals surface area contributed by atoms with Crippen LogP contribution in [0.25, 0.3) is 28.3 Å². The van der Waals surface area contributed by atoms with Gasteiger partial charge in [0.05, 0.1) is 0 Å². The molecule has 0 amide bonds. The van der Waals surface area contributed by atoms with Crippen LogP contribution in [0.3, 0.4) is 0 Å². The Morgan fingerprint density at radius 1 is 0.688 bits per heavy atom. The van der Waals surface area contributed by atoms with Crippen molar-refractivity contribution < 1.29 is 19.4 Å². The minimum atomic E-state index is -2.61. The molecular weight excluding hydrogens is 510 g/mol. The first-order chi connectivity index (χ1) is 15.0. The second-order valence-corrected chi connectivity index (χ2v) is 19.5. The van der Waals surface area contributed by atoms with E-state index in [-0.39, 0.29) is 14.5 Å². The zero-order valence-corrected chi connectivity index (χ0v) is 23.7. The molecule has 0 saturated carbocycles. The predicted octanol–water partition coefficient (Wildman–Crippen LogP) is 9.73. The van der Waals surface area contributed by atoms with E-state index < -0.39 is 19.4 Å². The van der Waals surface area contributed by atoms with Crippen molar-refractivity contribution in [3.05, 3.63) is 89.0 Å². The molecule has 0 spiro atoms. The topological polar surface area (TPSA) is 0 Å². The number of fused-ring (bicyclic) bond motifs is 1. The molecular formula is C29H31Cl2Zr. The first-order valence-corrected chi connectivity index (χ1v) is 19.0. The Kier molecular flexibility index (Phi) is 6.68. The molecule has 0 heterocycles. The average Bonchev–Trinajstić information content (AvgIpc) is 3.14. The van der Waals surface area contributed by atoms with Crippen LogP contribution >= 0.6 is 17.0 Å². The minimum absolute atomic E-state index is 0.00546. The zero-order valence-electron chi connectivity index (χ0n) is 19.8. The second kappa shape index (κ2) is 8.90. The average molecular weight is 542 g/mol. The third kappa shape index (κ3) is 4.46. The molecule has 4 rings (SSSR count). The van der Waals surface area contributed by atoms with Crippen LogP contribution in [0.4, 0.5) is 0 Å². The molecule has 3 heteroatoms. The van der Waals surface area contributed by atoms with Gasteiger partial charge in [0, 0.05) is 0 Å². The van der Waals surface area contributed by atoms with Gasteiger partial charge in [0.1, 0.15) is 0 Å². The van der Waals surface area contributed by atoms with E-state index in [1.54, 1.807) is 0 Å². The Morgan fingerprint density at radius 3 is 1.84 bits per heavy atom. The molecule has 0 bridgehead atoms. The summed E-state index contributed by atoms with van der Waals surface area (Å²) in [5.41, 5.74) is 10.5. The molecule has 1 aliphatic carbocycles. The molecule has 1 atom stereocenters. The van der Waals surface area contributed by atoms with Gasteiger partial charge in [-0.05, 0) is 0 Å². The van der Waals surface area contributed by atoms with Crippen LogP contribution in [0.1, 0.15) is 61.9 Å². The number of hydrogen-bond acceptors (Lipinski definition) is 0. The first-order valence-electron chi connectivity index (χ1n) is 11.2. The van der Waals surface area contributed by atoms with Crippen LogP contribution in [0.15, 0.2) is 72.3 Å². The van der Waals surface area contributed by atoms with E-state index in [1.165, 1.54) is 44.5 Å². The molecule has 32 heavy (non-hydrogen) atoms. The molecule has 0 aromatic heterocycles. The van der Waals surface area contributed by atoms with E-state index in [9.17, 15) is 0 Å². The molecule has 1 aliphatic rings. The quantitative estimate of drug-likeness (QED) is 0.310. The summed E-state index contributed by atoms with van der Waals surface area (Å²) in [7, 11) is 13.6. The molecule has 165 valence electrons. The first kappa shape index (κ1) is 24.0. The van der Waals surface area contributed by atoms with E-state index in [0.29, 0.717) is 0 Å². The van der Waals surface area contributed by atoms with Crippen molar-refractivity contribution in [3.8, 4) is 22.3 Å². The normalized spacial score (nSPS) is 16.0. The summed E-state index contributed by atoms with van der Waals surface area (Å²) >= 11 is -2.61. The van der Waals surface area contributed by atoms with Gasteiger partial charge >= 0.3 is 210 Å². The van der Waals surface area contributed by atoms with Gasteiger partial charge in [0.2, 0.25) is 0 Å². The SMILES string of the molecule is CC(C)(C)C1=Cc2c(ccc(C(C)(C)C)c2-c2ccccc2-c2ccccc2)[CH]1[Zr]([Cl])[Cl]. The molecule has 0 nitrogen and oxygen atoms in total. The number of rotatable bonds is 3. The summed E-state index contributed by atoms with van der Waals surface area (Å²) in [6, 6.07) is 24.1. The van der Waals surface area contributed by atoms with Crippen molar-refractivity contribution in [3.63, 3.8) is 0 Å². The Labute approximate surface area is 208 Å². The summed E-state index contributed by atoms with van der Waals surface area (Å²) in [4.78, 5) is 0. The fraction of sp³-hybridized carbons (Fsp3) is 0.310. The maximum absolute atomic E-state index is 6.79. The third-order valence-electron chi connectivity index (χ3n) is 6.37. The van der Waals surface area contributed by atoms with Gasteiger partial charge in [0.25, 0.3) is 0 Å². The van der Waals surface area contributed by atoms with Crippen LogP contribution in [-0.4, -0.2) is 0 Å². The molecule has 0 saturated heterocycles. The molecule has 3 aromatic rings. The number of allylic oxidation sites excluding steroid dienone is 1. The predicted molar refractivity (Wildman–Crippen MR) is 138 cm³/mol. The van der Waals surface area contributed by atoms with Gasteiger partial charge in [-0.2, -0.15) is 0 Å². The Balaban J connectivity index is 2.09. The maximum atomic E-state index is 6.79. The monoisotopic (exact) mass is 539 g/mol. The van der Waals surface area contributed by atoms with Crippen molar-refractivity contribution >= 4 is 23.1 Å². The fourth-order valence-corrected chi connectivity index (χ4v) is 10.6. The Bertz CT molecular complexity index is 1160. The summed E-state index contributed by atoms with van der Waals surface area (Å²) in [6.07, 6.45) is 2.41. The van der Waals surface area contributed by atoms with Gasteiger partial charge in [-0.15, -0.1) is 0 Å². The van der Waals surface area contributed by atoms with Crippen molar-refractivity contribution in [1.82, 2.24) is 0 Å². The van der Waals surface area contributed by atoms with E-state index in [4.69, 9.17) is 17.0 Å². The number of benzene rings is 3. The molecule has 0 fully saturated rings. The van der Waals surface area contributed by atoms with Gasteiger partial charge in [-0.1, -0.05) is 0 Å². The van der Waals surface area contributed by atoms with E-state index in [1.807, 2.05) is 0 Å². The van der Waals surface area contributed by atoms with Crippen molar-refractivity contribution in [2.45, 2.75) is 50.6 Å². The van der Waals surface area contributed by atoms with Gasteiger partial charge in [-0.25, -0.2) is 0 Å². The fourth-order valence-electron chi connectivity index (χ4n) is 4.82. The summed E-state index contributed by atoms with van der Waals surface area (Å²) in [5, 5.41) is 0. The van der Waals surface area contributed by atoms with Crippen molar-refractivity contribution in [2.75, 3.05) is 0 Å². The molecule has 0 aliphatic heterocycles. The number of halogens is 2. The molecule has 0 N–H and O–H groups in total. The second-order valence-electron chi connectivity index (χ2n) is 10.7. The zero-order chi connectivity index (χ0) is 23.3. The standard InChI is InChI=1S/C29H31.2ClH.Zr/c1-28(2,3)22-18-21-16-17-26(29(4,5)6)27(25(21)19-22)24-15-11-10-14-23(24)20-12-8-7-9-13-20;;;/h7-19H,1-6H3;2*1H;/q;;;+2/p-2. The molecule has 1 unspecified atom stereocenters. The number of hydrogen-bond donors (Lipinski definition) is 0. The van der Waals surface area contributed by atoms with Crippen molar-refractivity contribution in [1.29, 1.82) is 0 Å². The summed E-state index contributed by atoms with van der Waals surface area (Å²) < 4.78 is 0.201. The van der Waals surface area contributed by atoms with E-state index in [0.717, 1.165) is 0 Å². The Hall–Kier alpha value is -1.14. The van der Waals surface area contributed by atoms with Crippen LogP contribution < -0.4 is 0 Å². The van der Waals surface area contributed by atoms with Gasteiger partial charge < -0.3 is 0 Å². The van der Waals surface area contributed by atoms with E-state index >= 15 is 0 Å². The molecule has 3 aromatic carbocycles. The Morgan fingerprint density at radius 2 is 1.28 bits per heavy atom. The van der Waals surface area contributed by atoms with Crippen molar-refractivity contribution in [2.24, 2.45) is 5.41 Å².